The van der Waals surface area contributed by atoms with Gasteiger partial charge in [0, 0.05) is 12.0 Å². The molecule has 0 aromatic carbocycles. The molecule has 0 aliphatic carbocycles. The van der Waals surface area contributed by atoms with Crippen LogP contribution in [0.5, 0.6) is 0 Å². The van der Waals surface area contributed by atoms with Gasteiger partial charge < -0.3 is 9.47 Å². The lowest BCUT2D eigenvalue weighted by molar-refractivity contribution is -0.0377. The summed E-state index contributed by atoms with van der Waals surface area (Å²) in [4.78, 5) is 0. The topological polar surface area (TPSA) is 18.5 Å². The van der Waals surface area contributed by atoms with E-state index in [0.717, 1.165) is 31.8 Å². The maximum Gasteiger partial charge on any atom is 0.0780 e. The molecule has 0 heterocycles. The second-order valence-corrected chi connectivity index (χ2v) is 4.46. The Morgan fingerprint density at radius 2 is 1.80 bits per heavy atom. The van der Waals surface area contributed by atoms with Gasteiger partial charge in [-0.15, -0.1) is 0 Å². The van der Waals surface area contributed by atoms with Gasteiger partial charge in [0.05, 0.1) is 19.3 Å². The molecule has 0 aromatic heterocycles. The summed E-state index contributed by atoms with van der Waals surface area (Å²) in [6.45, 7) is 10.7. The van der Waals surface area contributed by atoms with Crippen molar-refractivity contribution in [2.45, 2.75) is 46.6 Å². The van der Waals surface area contributed by atoms with Crippen LogP contribution in [0, 0.1) is 5.41 Å². The van der Waals surface area contributed by atoms with Crippen molar-refractivity contribution in [2.75, 3.05) is 25.6 Å². The molecular weight excluding hydrogens is 208 g/mol. The molecule has 92 valence electrons. The lowest BCUT2D eigenvalue weighted by Gasteiger charge is -2.30. The third-order valence-electron chi connectivity index (χ3n) is 3.07. The smallest absolute Gasteiger partial charge is 0.0780 e. The SMILES string of the molecule is CCOCC(C)OCC(CC)(CC)CS. The molecule has 15 heavy (non-hydrogen) atoms. The number of hydrogen-bond donors (Lipinski definition) is 1. The van der Waals surface area contributed by atoms with Crippen LogP contribution in [-0.4, -0.2) is 31.7 Å². The van der Waals surface area contributed by atoms with Crippen molar-refractivity contribution in [1.29, 1.82) is 0 Å². The van der Waals surface area contributed by atoms with E-state index in [1.807, 2.05) is 6.92 Å². The standard InChI is InChI=1S/C12H26O2S/c1-5-12(6-2,10-15)9-14-11(4)8-13-7-3/h11,15H,5-10H2,1-4H3. The lowest BCUT2D eigenvalue weighted by Crippen LogP contribution is -2.31. The highest BCUT2D eigenvalue weighted by Gasteiger charge is 2.25. The molecule has 1 atom stereocenters. The quantitative estimate of drug-likeness (QED) is 0.618. The van der Waals surface area contributed by atoms with Crippen molar-refractivity contribution >= 4 is 12.6 Å². The fourth-order valence-electron chi connectivity index (χ4n) is 1.37. The van der Waals surface area contributed by atoms with Crippen molar-refractivity contribution in [1.82, 2.24) is 0 Å². The summed E-state index contributed by atoms with van der Waals surface area (Å²) in [6, 6.07) is 0. The van der Waals surface area contributed by atoms with Gasteiger partial charge in [0.15, 0.2) is 0 Å². The molecule has 0 N–H and O–H groups in total. The highest BCUT2D eigenvalue weighted by Crippen LogP contribution is 2.28. The maximum atomic E-state index is 5.81. The van der Waals surface area contributed by atoms with Crippen LogP contribution in [0.2, 0.25) is 0 Å². The highest BCUT2D eigenvalue weighted by molar-refractivity contribution is 7.80. The van der Waals surface area contributed by atoms with E-state index in [4.69, 9.17) is 9.47 Å². The molecule has 1 unspecified atom stereocenters. The summed E-state index contributed by atoms with van der Waals surface area (Å²) in [5, 5.41) is 0. The van der Waals surface area contributed by atoms with Gasteiger partial charge in [-0.2, -0.15) is 12.6 Å². The van der Waals surface area contributed by atoms with Gasteiger partial charge >= 0.3 is 0 Å². The molecule has 0 aromatic rings. The van der Waals surface area contributed by atoms with Crippen LogP contribution < -0.4 is 0 Å². The predicted octanol–water partition coefficient (Wildman–Crippen LogP) is 3.16. The fraction of sp³-hybridized carbons (Fsp3) is 1.00. The Morgan fingerprint density at radius 3 is 2.20 bits per heavy atom. The molecular formula is C12H26O2S. The Hall–Kier alpha value is 0.270. The van der Waals surface area contributed by atoms with Gasteiger partial charge in [0.1, 0.15) is 0 Å². The van der Waals surface area contributed by atoms with E-state index >= 15 is 0 Å². The minimum Gasteiger partial charge on any atom is -0.379 e. The molecule has 0 rings (SSSR count). The van der Waals surface area contributed by atoms with Crippen LogP contribution in [-0.2, 0) is 9.47 Å². The Labute approximate surface area is 100 Å². The molecule has 0 amide bonds. The molecule has 0 aliphatic heterocycles. The third kappa shape index (κ3) is 5.79. The Bertz CT molecular complexity index is 138. The Kier molecular flexibility index (Phi) is 8.58. The minimum absolute atomic E-state index is 0.183. The number of hydrogen-bond acceptors (Lipinski definition) is 3. The molecule has 3 heteroatoms. The maximum absolute atomic E-state index is 5.81. The van der Waals surface area contributed by atoms with Gasteiger partial charge in [-0.3, -0.25) is 0 Å². The van der Waals surface area contributed by atoms with Crippen LogP contribution in [0.4, 0.5) is 0 Å². The zero-order valence-electron chi connectivity index (χ0n) is 10.6. The van der Waals surface area contributed by atoms with E-state index in [1.54, 1.807) is 0 Å². The lowest BCUT2D eigenvalue weighted by atomic mass is 9.85. The first kappa shape index (κ1) is 15.3. The molecule has 2 nitrogen and oxygen atoms in total. The molecule has 0 spiro atoms. The van der Waals surface area contributed by atoms with E-state index in [-0.39, 0.29) is 11.5 Å². The van der Waals surface area contributed by atoms with Crippen molar-refractivity contribution < 1.29 is 9.47 Å². The highest BCUT2D eigenvalue weighted by atomic mass is 32.1. The summed E-state index contributed by atoms with van der Waals surface area (Å²) in [5.41, 5.74) is 0.240. The largest absolute Gasteiger partial charge is 0.379 e. The van der Waals surface area contributed by atoms with Gasteiger partial charge in [-0.25, -0.2) is 0 Å². The van der Waals surface area contributed by atoms with Crippen LogP contribution >= 0.6 is 12.6 Å². The summed E-state index contributed by atoms with van der Waals surface area (Å²) in [7, 11) is 0. The van der Waals surface area contributed by atoms with E-state index in [9.17, 15) is 0 Å². The van der Waals surface area contributed by atoms with E-state index in [2.05, 4.69) is 33.4 Å². The van der Waals surface area contributed by atoms with Crippen molar-refractivity contribution in [3.63, 3.8) is 0 Å². The Balaban J connectivity index is 3.88. The first-order chi connectivity index (χ1) is 7.14. The van der Waals surface area contributed by atoms with Crippen LogP contribution in [0.15, 0.2) is 0 Å². The van der Waals surface area contributed by atoms with Crippen LogP contribution in [0.25, 0.3) is 0 Å². The molecule has 0 radical (unpaired) electrons. The van der Waals surface area contributed by atoms with Gasteiger partial charge in [0.25, 0.3) is 0 Å². The van der Waals surface area contributed by atoms with Crippen molar-refractivity contribution in [2.24, 2.45) is 5.41 Å². The third-order valence-corrected chi connectivity index (χ3v) is 3.74. The molecule has 0 aliphatic rings. The summed E-state index contributed by atoms with van der Waals surface area (Å²) in [6.07, 6.45) is 2.42. The second-order valence-electron chi connectivity index (χ2n) is 4.15. The molecule has 0 fully saturated rings. The Morgan fingerprint density at radius 1 is 1.20 bits per heavy atom. The minimum atomic E-state index is 0.183. The number of rotatable bonds is 9. The predicted molar refractivity (Wildman–Crippen MR) is 68.8 cm³/mol. The zero-order chi connectivity index (χ0) is 11.7. The van der Waals surface area contributed by atoms with Crippen molar-refractivity contribution in [3.8, 4) is 0 Å². The van der Waals surface area contributed by atoms with Gasteiger partial charge in [0.2, 0.25) is 0 Å². The van der Waals surface area contributed by atoms with Crippen LogP contribution in [0.1, 0.15) is 40.5 Å². The van der Waals surface area contributed by atoms with Gasteiger partial charge in [-0.1, -0.05) is 13.8 Å². The number of thiol groups is 1. The monoisotopic (exact) mass is 234 g/mol. The van der Waals surface area contributed by atoms with E-state index in [1.165, 1.54) is 0 Å². The summed E-state index contributed by atoms with van der Waals surface area (Å²) in [5.74, 6) is 0.890. The van der Waals surface area contributed by atoms with E-state index in [0.29, 0.717) is 6.61 Å². The van der Waals surface area contributed by atoms with E-state index < -0.39 is 0 Å². The molecule has 0 saturated heterocycles. The average Bonchev–Trinajstić information content (AvgIpc) is 2.29. The number of ether oxygens (including phenoxy) is 2. The normalized spacial score (nSPS) is 14.2. The first-order valence-corrected chi connectivity index (χ1v) is 6.57. The van der Waals surface area contributed by atoms with Crippen molar-refractivity contribution in [3.05, 3.63) is 0 Å². The first-order valence-electron chi connectivity index (χ1n) is 5.94. The average molecular weight is 234 g/mol. The second kappa shape index (κ2) is 8.43. The fourth-order valence-corrected chi connectivity index (χ4v) is 1.91. The molecule has 0 bridgehead atoms. The zero-order valence-corrected chi connectivity index (χ0v) is 11.5. The van der Waals surface area contributed by atoms with Gasteiger partial charge in [-0.05, 0) is 32.4 Å². The molecule has 0 saturated carbocycles. The summed E-state index contributed by atoms with van der Waals surface area (Å²) < 4.78 is 11.1. The summed E-state index contributed by atoms with van der Waals surface area (Å²) >= 11 is 4.42. The van der Waals surface area contributed by atoms with Crippen LogP contribution in [0.3, 0.4) is 0 Å².